The number of carbonyl (C=O) groups is 1. The molecule has 0 aliphatic carbocycles. The Kier molecular flexibility index (Phi) is 5.00. The first-order chi connectivity index (χ1) is 11.2. The number of benzene rings is 1. The maximum absolute atomic E-state index is 13.5. The van der Waals surface area contributed by atoms with E-state index in [9.17, 15) is 9.18 Å². The fourth-order valence-electron chi connectivity index (χ4n) is 3.22. The Labute approximate surface area is 136 Å². The number of hydrogen-bond donors (Lipinski definition) is 0. The van der Waals surface area contributed by atoms with E-state index in [1.54, 1.807) is 12.1 Å². The Balaban J connectivity index is 1.58. The number of rotatable bonds is 3. The Morgan fingerprint density at radius 2 is 2.09 bits per heavy atom. The normalized spacial score (nSPS) is 22.1. The van der Waals surface area contributed by atoms with Crippen molar-refractivity contribution in [3.63, 3.8) is 0 Å². The van der Waals surface area contributed by atoms with E-state index in [1.165, 1.54) is 13.2 Å². The third-order valence-corrected chi connectivity index (χ3v) is 4.60. The van der Waals surface area contributed by atoms with Crippen LogP contribution in [0.25, 0.3) is 0 Å². The van der Waals surface area contributed by atoms with E-state index >= 15 is 0 Å². The fourth-order valence-corrected chi connectivity index (χ4v) is 3.22. The molecule has 0 saturated carbocycles. The van der Waals surface area contributed by atoms with Crippen molar-refractivity contribution in [1.29, 1.82) is 0 Å². The minimum atomic E-state index is -0.359. The van der Waals surface area contributed by atoms with Crippen molar-refractivity contribution in [2.45, 2.75) is 12.8 Å². The molecule has 2 aliphatic heterocycles. The van der Waals surface area contributed by atoms with Gasteiger partial charge < -0.3 is 19.3 Å². The molecule has 0 N–H and O–H groups in total. The zero-order valence-electron chi connectivity index (χ0n) is 13.5. The summed E-state index contributed by atoms with van der Waals surface area (Å²) in [5.41, 5.74) is 0.927. The number of amides is 1. The third kappa shape index (κ3) is 3.58. The lowest BCUT2D eigenvalue weighted by Crippen LogP contribution is -2.51. The van der Waals surface area contributed by atoms with E-state index in [0.29, 0.717) is 19.7 Å². The predicted octanol–water partition coefficient (Wildman–Crippen LogP) is 1.91. The lowest BCUT2D eigenvalue weighted by molar-refractivity contribution is -0.140. The van der Waals surface area contributed by atoms with Crippen molar-refractivity contribution in [1.82, 2.24) is 4.90 Å². The van der Waals surface area contributed by atoms with Gasteiger partial charge >= 0.3 is 0 Å². The third-order valence-electron chi connectivity index (χ3n) is 4.60. The molecule has 126 valence electrons. The smallest absolute Gasteiger partial charge is 0.228 e. The van der Waals surface area contributed by atoms with Crippen LogP contribution in [0.3, 0.4) is 0 Å². The van der Waals surface area contributed by atoms with Crippen LogP contribution in [0.1, 0.15) is 12.8 Å². The highest BCUT2D eigenvalue weighted by atomic mass is 19.1. The Hall–Kier alpha value is -1.82. The van der Waals surface area contributed by atoms with Gasteiger partial charge in [0, 0.05) is 44.5 Å². The van der Waals surface area contributed by atoms with Gasteiger partial charge in [-0.1, -0.05) is 0 Å². The molecule has 1 amide bonds. The summed E-state index contributed by atoms with van der Waals surface area (Å²) >= 11 is 0. The summed E-state index contributed by atoms with van der Waals surface area (Å²) in [6, 6.07) is 4.89. The van der Waals surface area contributed by atoms with Crippen LogP contribution in [0.4, 0.5) is 10.1 Å². The van der Waals surface area contributed by atoms with Crippen molar-refractivity contribution in [2.75, 3.05) is 51.4 Å². The molecule has 5 nitrogen and oxygen atoms in total. The number of piperazine rings is 1. The average Bonchev–Trinajstić information content (AvgIpc) is 2.62. The van der Waals surface area contributed by atoms with Gasteiger partial charge in [0.2, 0.25) is 5.91 Å². The molecule has 1 atom stereocenters. The maximum Gasteiger partial charge on any atom is 0.228 e. The number of ether oxygens (including phenoxy) is 2. The number of anilines is 1. The van der Waals surface area contributed by atoms with Crippen LogP contribution >= 0.6 is 0 Å². The first-order valence-electron chi connectivity index (χ1n) is 8.14. The van der Waals surface area contributed by atoms with Crippen LogP contribution < -0.4 is 9.64 Å². The maximum atomic E-state index is 13.5. The van der Waals surface area contributed by atoms with Gasteiger partial charge in [-0.25, -0.2) is 4.39 Å². The SMILES string of the molecule is COc1cc(N2CCN(C(=O)[C@@H]3CCCOC3)CC2)ccc1F. The van der Waals surface area contributed by atoms with E-state index in [4.69, 9.17) is 9.47 Å². The quantitative estimate of drug-likeness (QED) is 0.852. The molecule has 0 radical (unpaired) electrons. The minimum absolute atomic E-state index is 0.0150. The highest BCUT2D eigenvalue weighted by Gasteiger charge is 2.29. The molecule has 6 heteroatoms. The standard InChI is InChI=1S/C17H23FN2O3/c1-22-16-11-14(4-5-15(16)18)19-6-8-20(9-7-19)17(21)13-3-2-10-23-12-13/h4-5,11,13H,2-3,6-10,12H2,1H3/t13-/m1/s1. The van der Waals surface area contributed by atoms with Gasteiger partial charge in [-0.3, -0.25) is 4.79 Å². The van der Waals surface area contributed by atoms with Crippen molar-refractivity contribution < 1.29 is 18.7 Å². The van der Waals surface area contributed by atoms with E-state index in [1.807, 2.05) is 4.90 Å². The van der Waals surface area contributed by atoms with Crippen molar-refractivity contribution in [3.05, 3.63) is 24.0 Å². The van der Waals surface area contributed by atoms with Gasteiger partial charge in [-0.05, 0) is 25.0 Å². The highest BCUT2D eigenvalue weighted by molar-refractivity contribution is 5.79. The van der Waals surface area contributed by atoms with Gasteiger partial charge in [0.1, 0.15) is 0 Å². The van der Waals surface area contributed by atoms with Gasteiger partial charge in [-0.2, -0.15) is 0 Å². The monoisotopic (exact) mass is 322 g/mol. The van der Waals surface area contributed by atoms with E-state index in [2.05, 4.69) is 4.90 Å². The first-order valence-corrected chi connectivity index (χ1v) is 8.14. The molecule has 0 aromatic heterocycles. The van der Waals surface area contributed by atoms with Crippen LogP contribution in [0.5, 0.6) is 5.75 Å². The number of nitrogens with zero attached hydrogens (tertiary/aromatic N) is 2. The van der Waals surface area contributed by atoms with Crippen LogP contribution in [-0.2, 0) is 9.53 Å². The van der Waals surface area contributed by atoms with E-state index in [0.717, 1.165) is 38.2 Å². The molecule has 0 unspecified atom stereocenters. The van der Waals surface area contributed by atoms with Gasteiger partial charge in [0.05, 0.1) is 19.6 Å². The molecule has 2 aliphatic rings. The molecule has 3 rings (SSSR count). The summed E-state index contributed by atoms with van der Waals surface area (Å²) in [7, 11) is 1.46. The Morgan fingerprint density at radius 3 is 2.74 bits per heavy atom. The van der Waals surface area contributed by atoms with Crippen LogP contribution in [0.15, 0.2) is 18.2 Å². The minimum Gasteiger partial charge on any atom is -0.494 e. The molecule has 23 heavy (non-hydrogen) atoms. The van der Waals surface area contributed by atoms with Gasteiger partial charge in [-0.15, -0.1) is 0 Å². The number of methoxy groups -OCH3 is 1. The summed E-state index contributed by atoms with van der Waals surface area (Å²) < 4.78 is 24.0. The summed E-state index contributed by atoms with van der Waals surface area (Å²) in [5, 5.41) is 0. The van der Waals surface area contributed by atoms with Crippen molar-refractivity contribution in [3.8, 4) is 5.75 Å². The summed E-state index contributed by atoms with van der Waals surface area (Å²) in [6.45, 7) is 4.18. The lowest BCUT2D eigenvalue weighted by atomic mass is 10.0. The van der Waals surface area contributed by atoms with Gasteiger partial charge in [0.25, 0.3) is 0 Å². The molecule has 2 saturated heterocycles. The zero-order chi connectivity index (χ0) is 16.2. The van der Waals surface area contributed by atoms with Crippen LogP contribution in [0, 0.1) is 11.7 Å². The number of hydrogen-bond acceptors (Lipinski definition) is 4. The van der Waals surface area contributed by atoms with Crippen molar-refractivity contribution in [2.24, 2.45) is 5.92 Å². The van der Waals surface area contributed by atoms with E-state index in [-0.39, 0.29) is 23.4 Å². The second-order valence-corrected chi connectivity index (χ2v) is 6.05. The lowest BCUT2D eigenvalue weighted by Gasteiger charge is -2.38. The van der Waals surface area contributed by atoms with Crippen molar-refractivity contribution >= 4 is 11.6 Å². The topological polar surface area (TPSA) is 42.0 Å². The summed E-state index contributed by atoms with van der Waals surface area (Å²) in [6.07, 6.45) is 1.89. The molecule has 0 spiro atoms. The molecule has 2 heterocycles. The zero-order valence-corrected chi connectivity index (χ0v) is 13.5. The molecule has 1 aromatic carbocycles. The van der Waals surface area contributed by atoms with Crippen LogP contribution in [-0.4, -0.2) is 57.3 Å². The second kappa shape index (κ2) is 7.17. The number of halogens is 1. The molecular formula is C17H23FN2O3. The molecule has 1 aromatic rings. The van der Waals surface area contributed by atoms with Crippen LogP contribution in [0.2, 0.25) is 0 Å². The predicted molar refractivity (Wildman–Crippen MR) is 85.3 cm³/mol. The fraction of sp³-hybridized carbons (Fsp3) is 0.588. The first kappa shape index (κ1) is 16.1. The molecular weight excluding hydrogens is 299 g/mol. The second-order valence-electron chi connectivity index (χ2n) is 6.05. The molecule has 2 fully saturated rings. The highest BCUT2D eigenvalue weighted by Crippen LogP contribution is 2.26. The van der Waals surface area contributed by atoms with E-state index < -0.39 is 0 Å². The number of carbonyl (C=O) groups excluding carboxylic acids is 1. The summed E-state index contributed by atoms with van der Waals surface area (Å²) in [4.78, 5) is 16.6. The largest absolute Gasteiger partial charge is 0.494 e. The Bertz CT molecular complexity index is 553. The van der Waals surface area contributed by atoms with Gasteiger partial charge in [0.15, 0.2) is 11.6 Å². The average molecular weight is 322 g/mol. The Morgan fingerprint density at radius 1 is 1.30 bits per heavy atom. The molecule has 0 bridgehead atoms. The summed E-state index contributed by atoms with van der Waals surface area (Å²) in [5.74, 6) is 0.116.